The molecule has 1 fully saturated rings. The Morgan fingerprint density at radius 2 is 2.09 bits per heavy atom. The maximum Gasteiger partial charge on any atom is 0.262 e. The first-order valence-electron chi connectivity index (χ1n) is 12.0. The Morgan fingerprint density at radius 1 is 1.21 bits per heavy atom. The number of carbonyl (C=O) groups excluding carboxylic acids is 1. The van der Waals surface area contributed by atoms with Crippen LogP contribution >= 0.6 is 11.8 Å². The molecule has 1 aromatic heterocycles. The first kappa shape index (κ1) is 21.7. The molecule has 2 aromatic carbocycles. The lowest BCUT2D eigenvalue weighted by molar-refractivity contribution is -0.118. The summed E-state index contributed by atoms with van der Waals surface area (Å²) in [4.78, 5) is 20.3. The second-order valence-electron chi connectivity index (χ2n) is 9.50. The normalized spacial score (nSPS) is 20.9. The molecular formula is C27H29N3O3S. The molecule has 0 aliphatic carbocycles. The van der Waals surface area contributed by atoms with E-state index in [1.54, 1.807) is 7.11 Å². The van der Waals surface area contributed by atoms with Crippen LogP contribution in [0.25, 0.3) is 10.9 Å². The Hall–Kier alpha value is -2.77. The van der Waals surface area contributed by atoms with Gasteiger partial charge in [-0.05, 0) is 86.1 Å². The first-order chi connectivity index (χ1) is 16.7. The molecule has 7 heteroatoms. The lowest BCUT2D eigenvalue weighted by Gasteiger charge is -2.39. The minimum absolute atomic E-state index is 0.0770. The number of ether oxygens (including phenoxy) is 2. The number of hydrogen-bond donors (Lipinski definition) is 1. The van der Waals surface area contributed by atoms with E-state index in [2.05, 4.69) is 39.5 Å². The van der Waals surface area contributed by atoms with E-state index in [0.29, 0.717) is 12.0 Å². The van der Waals surface area contributed by atoms with Gasteiger partial charge in [0.25, 0.3) is 5.91 Å². The zero-order valence-corrected chi connectivity index (χ0v) is 20.2. The molecule has 0 radical (unpaired) electrons. The summed E-state index contributed by atoms with van der Waals surface area (Å²) in [5.41, 5.74) is 4.55. The highest BCUT2D eigenvalue weighted by Gasteiger charge is 2.30. The number of carbonyl (C=O) groups is 1. The lowest BCUT2D eigenvalue weighted by atomic mass is 9.88. The average Bonchev–Trinajstić information content (AvgIpc) is 2.88. The van der Waals surface area contributed by atoms with Crippen LogP contribution in [0.4, 0.5) is 5.69 Å². The zero-order valence-electron chi connectivity index (χ0n) is 19.4. The molecule has 6 nitrogen and oxygen atoms in total. The Morgan fingerprint density at radius 3 is 2.94 bits per heavy atom. The predicted octanol–water partition coefficient (Wildman–Crippen LogP) is 4.55. The van der Waals surface area contributed by atoms with Gasteiger partial charge in [0.15, 0.2) is 6.61 Å². The van der Waals surface area contributed by atoms with Gasteiger partial charge >= 0.3 is 0 Å². The van der Waals surface area contributed by atoms with E-state index < -0.39 is 0 Å². The van der Waals surface area contributed by atoms with Gasteiger partial charge in [-0.2, -0.15) is 0 Å². The fraction of sp³-hybridized carbons (Fsp3) is 0.407. The summed E-state index contributed by atoms with van der Waals surface area (Å²) in [6, 6.07) is 13.0. The van der Waals surface area contributed by atoms with Gasteiger partial charge in [-0.3, -0.25) is 14.7 Å². The molecule has 0 bridgehead atoms. The lowest BCUT2D eigenvalue weighted by Crippen LogP contribution is -2.45. The number of nitrogens with zero attached hydrogens (tertiary/aromatic N) is 2. The third-order valence-corrected chi connectivity index (χ3v) is 8.60. The van der Waals surface area contributed by atoms with Crippen LogP contribution in [0.2, 0.25) is 0 Å². The van der Waals surface area contributed by atoms with Crippen molar-refractivity contribution in [3.63, 3.8) is 0 Å². The Labute approximate surface area is 204 Å². The minimum Gasteiger partial charge on any atom is -0.497 e. The molecule has 1 unspecified atom stereocenters. The Kier molecular flexibility index (Phi) is 5.83. The number of rotatable bonds is 4. The second-order valence-corrected chi connectivity index (χ2v) is 10.6. The van der Waals surface area contributed by atoms with E-state index in [-0.39, 0.29) is 12.5 Å². The van der Waals surface area contributed by atoms with Crippen LogP contribution in [0.3, 0.4) is 0 Å². The van der Waals surface area contributed by atoms with Gasteiger partial charge in [-0.15, -0.1) is 11.8 Å². The van der Waals surface area contributed by atoms with Crippen molar-refractivity contribution in [1.29, 1.82) is 0 Å². The van der Waals surface area contributed by atoms with Gasteiger partial charge in [-0.1, -0.05) is 6.07 Å². The summed E-state index contributed by atoms with van der Waals surface area (Å²) in [5, 5.41) is 4.16. The molecule has 4 heterocycles. The molecular weight excluding hydrogens is 446 g/mol. The molecule has 1 atom stereocenters. The van der Waals surface area contributed by atoms with Crippen molar-refractivity contribution in [3.05, 3.63) is 53.7 Å². The summed E-state index contributed by atoms with van der Waals surface area (Å²) < 4.78 is 11.0. The SMILES string of the molecule is COc1ccc2ncc3c(c2c1)CC(N1CCC(Cc2ccc4c(c2)NC(=O)CO4)CC1)CS3. The van der Waals surface area contributed by atoms with Crippen molar-refractivity contribution >= 4 is 34.3 Å². The number of anilines is 1. The number of fused-ring (bicyclic) bond motifs is 4. The largest absolute Gasteiger partial charge is 0.497 e. The topological polar surface area (TPSA) is 63.7 Å². The van der Waals surface area contributed by atoms with E-state index in [4.69, 9.17) is 9.47 Å². The third kappa shape index (κ3) is 4.23. The van der Waals surface area contributed by atoms with Crippen LogP contribution in [-0.2, 0) is 17.6 Å². The van der Waals surface area contributed by atoms with Crippen molar-refractivity contribution in [2.24, 2.45) is 5.92 Å². The number of thioether (sulfide) groups is 1. The van der Waals surface area contributed by atoms with Gasteiger partial charge in [0.2, 0.25) is 0 Å². The number of piperidine rings is 1. The summed E-state index contributed by atoms with van der Waals surface area (Å²) >= 11 is 1.94. The molecule has 3 aliphatic rings. The quantitative estimate of drug-likeness (QED) is 0.598. The predicted molar refractivity (Wildman–Crippen MR) is 135 cm³/mol. The summed E-state index contributed by atoms with van der Waals surface area (Å²) in [7, 11) is 1.72. The molecule has 34 heavy (non-hydrogen) atoms. The molecule has 1 N–H and O–H groups in total. The molecule has 1 amide bonds. The average molecular weight is 476 g/mol. The number of likely N-dealkylation sites (tertiary alicyclic amines) is 1. The Balaban J connectivity index is 1.11. The van der Waals surface area contributed by atoms with Gasteiger partial charge in [-0.25, -0.2) is 0 Å². The minimum atomic E-state index is -0.0770. The summed E-state index contributed by atoms with van der Waals surface area (Å²) in [6.45, 7) is 2.39. The zero-order chi connectivity index (χ0) is 23.1. The van der Waals surface area contributed by atoms with Gasteiger partial charge in [0, 0.05) is 28.3 Å². The van der Waals surface area contributed by atoms with Crippen molar-refractivity contribution in [2.45, 2.75) is 36.6 Å². The number of methoxy groups -OCH3 is 1. The molecule has 3 aliphatic heterocycles. The molecule has 3 aromatic rings. The number of benzene rings is 2. The number of aromatic nitrogens is 1. The molecule has 1 saturated heterocycles. The van der Waals surface area contributed by atoms with Gasteiger partial charge < -0.3 is 14.8 Å². The van der Waals surface area contributed by atoms with Crippen LogP contribution in [0.1, 0.15) is 24.0 Å². The van der Waals surface area contributed by atoms with E-state index in [9.17, 15) is 4.79 Å². The number of pyridine rings is 1. The monoisotopic (exact) mass is 475 g/mol. The van der Waals surface area contributed by atoms with E-state index in [0.717, 1.165) is 54.4 Å². The fourth-order valence-corrected chi connectivity index (χ4v) is 6.69. The fourth-order valence-electron chi connectivity index (χ4n) is 5.50. The van der Waals surface area contributed by atoms with Crippen molar-refractivity contribution in [1.82, 2.24) is 9.88 Å². The van der Waals surface area contributed by atoms with Gasteiger partial charge in [0.05, 0.1) is 18.3 Å². The highest BCUT2D eigenvalue weighted by Crippen LogP contribution is 2.38. The van der Waals surface area contributed by atoms with Gasteiger partial charge in [0.1, 0.15) is 11.5 Å². The number of amides is 1. The van der Waals surface area contributed by atoms with Crippen LogP contribution in [-0.4, -0.2) is 54.4 Å². The van der Waals surface area contributed by atoms with Crippen LogP contribution in [0.15, 0.2) is 47.5 Å². The highest BCUT2D eigenvalue weighted by atomic mass is 32.2. The Bertz CT molecular complexity index is 1230. The van der Waals surface area contributed by atoms with Crippen LogP contribution in [0.5, 0.6) is 11.5 Å². The third-order valence-electron chi connectivity index (χ3n) is 7.38. The smallest absolute Gasteiger partial charge is 0.262 e. The van der Waals surface area contributed by atoms with E-state index in [1.807, 2.05) is 30.1 Å². The number of nitrogens with one attached hydrogen (secondary N) is 1. The summed E-state index contributed by atoms with van der Waals surface area (Å²) in [5.74, 6) is 3.39. The summed E-state index contributed by atoms with van der Waals surface area (Å²) in [6.07, 6.45) is 6.58. The maximum atomic E-state index is 11.6. The highest BCUT2D eigenvalue weighted by molar-refractivity contribution is 7.99. The van der Waals surface area contributed by atoms with Crippen molar-refractivity contribution in [2.75, 3.05) is 37.9 Å². The maximum absolute atomic E-state index is 11.6. The van der Waals surface area contributed by atoms with Crippen LogP contribution < -0.4 is 14.8 Å². The van der Waals surface area contributed by atoms with Crippen LogP contribution in [0, 0.1) is 5.92 Å². The number of hydrogen-bond acceptors (Lipinski definition) is 6. The molecule has 176 valence electrons. The standard InChI is InChI=1S/C27H29N3O3S/c1-32-20-3-4-23-21(13-20)22-12-19(16-34-26(22)14-28-23)30-8-6-17(7-9-30)10-18-2-5-25-24(11-18)29-27(31)15-33-25/h2-5,11,13-14,17,19H,6-10,12,15-16H2,1H3,(H,29,31). The molecule has 6 rings (SSSR count). The molecule has 0 saturated carbocycles. The van der Waals surface area contributed by atoms with E-state index in [1.165, 1.54) is 34.3 Å². The first-order valence-corrected chi connectivity index (χ1v) is 13.0. The second kappa shape index (κ2) is 9.12. The molecule has 0 spiro atoms. The van der Waals surface area contributed by atoms with Crippen molar-refractivity contribution in [3.8, 4) is 11.5 Å². The van der Waals surface area contributed by atoms with E-state index >= 15 is 0 Å². The van der Waals surface area contributed by atoms with Crippen molar-refractivity contribution < 1.29 is 14.3 Å².